The molecular weight excluding hydrogens is 185 g/mol. The molecule has 2 heterocycles. The zero-order valence-electron chi connectivity index (χ0n) is 9.15. The van der Waals surface area contributed by atoms with Gasteiger partial charge in [-0.3, -0.25) is 0 Å². The van der Waals surface area contributed by atoms with Crippen molar-refractivity contribution in [2.75, 3.05) is 6.54 Å². The average molecular weight is 202 g/mol. The van der Waals surface area contributed by atoms with Gasteiger partial charge in [-0.05, 0) is 5.56 Å². The number of quaternary nitrogens is 1. The second-order valence-electron chi connectivity index (χ2n) is 4.68. The summed E-state index contributed by atoms with van der Waals surface area (Å²) in [4.78, 5) is 1.66. The normalized spacial score (nSPS) is 34.5. The molecule has 3 atom stereocenters. The molecule has 78 valence electrons. The Balaban J connectivity index is 1.88. The van der Waals surface area contributed by atoms with Crippen LogP contribution in [-0.2, 0) is 4.65 Å². The summed E-state index contributed by atoms with van der Waals surface area (Å²) in [5.74, 6) is 0. The molecular formula is C12H17BNO+. The van der Waals surface area contributed by atoms with E-state index < -0.39 is 0 Å². The quantitative estimate of drug-likeness (QED) is 0.668. The van der Waals surface area contributed by atoms with E-state index in [1.807, 2.05) is 0 Å². The lowest BCUT2D eigenvalue weighted by molar-refractivity contribution is -0.798. The Bertz CT molecular complexity index is 343. The molecule has 3 heteroatoms. The molecule has 0 spiro atoms. The van der Waals surface area contributed by atoms with E-state index in [9.17, 15) is 0 Å². The first kappa shape index (κ1) is 9.43. The zero-order valence-corrected chi connectivity index (χ0v) is 9.15. The van der Waals surface area contributed by atoms with Gasteiger partial charge >= 0.3 is 7.05 Å². The lowest BCUT2D eigenvalue weighted by Gasteiger charge is -2.17. The van der Waals surface area contributed by atoms with E-state index in [4.69, 9.17) is 4.65 Å². The molecule has 0 saturated carbocycles. The summed E-state index contributed by atoms with van der Waals surface area (Å²) >= 11 is 0. The molecule has 0 bridgehead atoms. The maximum Gasteiger partial charge on any atom is 0.570 e. The van der Waals surface area contributed by atoms with Crippen LogP contribution in [-0.4, -0.2) is 19.6 Å². The van der Waals surface area contributed by atoms with Gasteiger partial charge in [0.25, 0.3) is 0 Å². The van der Waals surface area contributed by atoms with Crippen molar-refractivity contribution in [1.82, 2.24) is 0 Å². The Labute approximate surface area is 91.4 Å². The molecule has 15 heavy (non-hydrogen) atoms. The van der Waals surface area contributed by atoms with Crippen LogP contribution in [0.5, 0.6) is 0 Å². The molecule has 2 nitrogen and oxygen atoms in total. The predicted molar refractivity (Wildman–Crippen MR) is 60.7 cm³/mol. The molecule has 0 radical (unpaired) electrons. The predicted octanol–water partition coefficient (Wildman–Crippen LogP) is 0.923. The molecule has 1 aromatic rings. The summed E-state index contributed by atoms with van der Waals surface area (Å²) in [5.41, 5.74) is 1.35. The van der Waals surface area contributed by atoms with Crippen molar-refractivity contribution < 1.29 is 9.47 Å². The van der Waals surface area contributed by atoms with E-state index in [0.29, 0.717) is 19.2 Å². The topological polar surface area (TPSA) is 13.7 Å². The SMILES string of the molecule is CB1O[C@@H](c2ccccc2)[C@@H]2CCC[NH+]12. The fourth-order valence-corrected chi connectivity index (χ4v) is 3.10. The van der Waals surface area contributed by atoms with Gasteiger partial charge in [0.15, 0.2) is 0 Å². The van der Waals surface area contributed by atoms with Crippen molar-refractivity contribution in [3.05, 3.63) is 35.9 Å². The number of hydrogen-bond donors (Lipinski definition) is 1. The van der Waals surface area contributed by atoms with Gasteiger partial charge in [-0.2, -0.15) is 0 Å². The van der Waals surface area contributed by atoms with Crippen LogP contribution in [0.3, 0.4) is 0 Å². The summed E-state index contributed by atoms with van der Waals surface area (Å²) in [6.45, 7) is 3.49. The second kappa shape index (κ2) is 3.65. The van der Waals surface area contributed by atoms with Gasteiger partial charge in [-0.25, -0.2) is 0 Å². The first-order valence-electron chi connectivity index (χ1n) is 5.92. The summed E-state index contributed by atoms with van der Waals surface area (Å²) in [7, 11) is 0.378. The molecule has 2 saturated heterocycles. The minimum atomic E-state index is 0.332. The average Bonchev–Trinajstić information content (AvgIpc) is 2.84. The molecule has 1 aromatic carbocycles. The third-order valence-electron chi connectivity index (χ3n) is 3.82. The minimum absolute atomic E-state index is 0.332. The molecule has 2 aliphatic heterocycles. The third kappa shape index (κ3) is 1.50. The van der Waals surface area contributed by atoms with Crippen molar-refractivity contribution in [1.29, 1.82) is 0 Å². The van der Waals surface area contributed by atoms with Crippen molar-refractivity contribution in [3.8, 4) is 0 Å². The van der Waals surface area contributed by atoms with Crippen LogP contribution < -0.4 is 4.81 Å². The maximum absolute atomic E-state index is 6.08. The van der Waals surface area contributed by atoms with Gasteiger partial charge in [0, 0.05) is 19.7 Å². The number of hydrogen-bond acceptors (Lipinski definition) is 1. The van der Waals surface area contributed by atoms with Crippen molar-refractivity contribution in [2.24, 2.45) is 0 Å². The molecule has 3 rings (SSSR count). The van der Waals surface area contributed by atoms with Crippen LogP contribution in [0.25, 0.3) is 0 Å². The van der Waals surface area contributed by atoms with Crippen LogP contribution in [0.4, 0.5) is 0 Å². The van der Waals surface area contributed by atoms with Crippen molar-refractivity contribution in [2.45, 2.75) is 31.8 Å². The number of rotatable bonds is 1. The number of benzene rings is 1. The first-order chi connectivity index (χ1) is 7.36. The maximum atomic E-state index is 6.08. The monoisotopic (exact) mass is 202 g/mol. The summed E-state index contributed by atoms with van der Waals surface area (Å²) in [6, 6.07) is 11.4. The van der Waals surface area contributed by atoms with Crippen LogP contribution in [0.15, 0.2) is 30.3 Å². The number of nitrogens with one attached hydrogen (secondary N) is 1. The van der Waals surface area contributed by atoms with Gasteiger partial charge in [0.2, 0.25) is 0 Å². The highest BCUT2D eigenvalue weighted by atomic mass is 16.5. The molecule has 2 aliphatic rings. The fraction of sp³-hybridized carbons (Fsp3) is 0.500. The minimum Gasteiger partial charge on any atom is -0.373 e. The third-order valence-corrected chi connectivity index (χ3v) is 3.82. The highest BCUT2D eigenvalue weighted by molar-refractivity contribution is 6.40. The molecule has 0 aromatic heterocycles. The Morgan fingerprint density at radius 2 is 2.13 bits per heavy atom. The lowest BCUT2D eigenvalue weighted by Crippen LogP contribution is -3.17. The Hall–Kier alpha value is -0.795. The van der Waals surface area contributed by atoms with E-state index in [1.54, 1.807) is 4.81 Å². The summed E-state index contributed by atoms with van der Waals surface area (Å²) < 4.78 is 6.08. The number of fused-ring (bicyclic) bond motifs is 1. The van der Waals surface area contributed by atoms with Crippen LogP contribution in [0.1, 0.15) is 24.5 Å². The van der Waals surface area contributed by atoms with E-state index >= 15 is 0 Å². The van der Waals surface area contributed by atoms with E-state index in [1.165, 1.54) is 24.9 Å². The van der Waals surface area contributed by atoms with Gasteiger partial charge in [-0.15, -0.1) is 0 Å². The summed E-state index contributed by atoms with van der Waals surface area (Å²) in [5, 5.41) is 0. The van der Waals surface area contributed by atoms with Crippen LogP contribution in [0, 0.1) is 0 Å². The first-order valence-corrected chi connectivity index (χ1v) is 5.92. The second-order valence-corrected chi connectivity index (χ2v) is 4.68. The zero-order chi connectivity index (χ0) is 10.3. The van der Waals surface area contributed by atoms with Crippen LogP contribution >= 0.6 is 0 Å². The standard InChI is InChI=1S/C12H16BNO/c1-13-14-9-5-8-11(14)12(15-13)10-6-3-2-4-7-10/h2-4,6-7,11-12H,5,8-9H2,1H3/p+1/t11-,12-/m0/s1. The molecule has 1 N–H and O–H groups in total. The van der Waals surface area contributed by atoms with Gasteiger partial charge in [-0.1, -0.05) is 30.3 Å². The van der Waals surface area contributed by atoms with Gasteiger partial charge in [0.1, 0.15) is 12.1 Å². The smallest absolute Gasteiger partial charge is 0.373 e. The van der Waals surface area contributed by atoms with Gasteiger partial charge in [0.05, 0.1) is 6.54 Å². The highest BCUT2D eigenvalue weighted by Gasteiger charge is 2.50. The molecule has 0 amide bonds. The Kier molecular flexibility index (Phi) is 2.30. The van der Waals surface area contributed by atoms with E-state index in [-0.39, 0.29) is 0 Å². The highest BCUT2D eigenvalue weighted by Crippen LogP contribution is 2.28. The Morgan fingerprint density at radius 3 is 2.93 bits per heavy atom. The molecule has 0 aliphatic carbocycles. The van der Waals surface area contributed by atoms with Crippen LogP contribution in [0.2, 0.25) is 6.82 Å². The van der Waals surface area contributed by atoms with Gasteiger partial charge < -0.3 is 9.47 Å². The van der Waals surface area contributed by atoms with E-state index in [0.717, 1.165) is 0 Å². The van der Waals surface area contributed by atoms with Crippen molar-refractivity contribution >= 4 is 7.05 Å². The molecule has 2 fully saturated rings. The Morgan fingerprint density at radius 1 is 1.33 bits per heavy atom. The molecule has 1 unspecified atom stereocenters. The lowest BCUT2D eigenvalue weighted by atomic mass is 9.86. The fourth-order valence-electron chi connectivity index (χ4n) is 3.10. The largest absolute Gasteiger partial charge is 0.570 e. The summed E-state index contributed by atoms with van der Waals surface area (Å²) in [6.07, 6.45) is 3.01. The van der Waals surface area contributed by atoms with E-state index in [2.05, 4.69) is 37.2 Å². The van der Waals surface area contributed by atoms with Crippen molar-refractivity contribution in [3.63, 3.8) is 0 Å².